The fourth-order valence-electron chi connectivity index (χ4n) is 1.54. The van der Waals surface area contributed by atoms with E-state index in [1.54, 1.807) is 12.4 Å². The Labute approximate surface area is 115 Å². The quantitative estimate of drug-likeness (QED) is 0.881. The highest BCUT2D eigenvalue weighted by Crippen LogP contribution is 2.36. The molecule has 2 aromatic rings. The second kappa shape index (κ2) is 6.06. The first-order valence-electron chi connectivity index (χ1n) is 5.64. The predicted octanol–water partition coefficient (Wildman–Crippen LogP) is 2.95. The van der Waals surface area contributed by atoms with E-state index in [1.165, 1.54) is 11.5 Å². The van der Waals surface area contributed by atoms with E-state index in [1.807, 2.05) is 23.9 Å². The molecule has 0 aromatic carbocycles. The molecule has 1 unspecified atom stereocenters. The molecule has 0 aliphatic heterocycles. The number of pyridine rings is 1. The summed E-state index contributed by atoms with van der Waals surface area (Å²) in [5, 5.41) is 5.00. The molecule has 0 fully saturated rings. The Bertz CT molecular complexity index is 498. The molecule has 2 aromatic heterocycles. The maximum Gasteiger partial charge on any atom is 0.147 e. The molecule has 6 heteroatoms. The minimum atomic E-state index is 0.554. The fourth-order valence-corrected chi connectivity index (χ4v) is 2.53. The Morgan fingerprint density at radius 1 is 1.44 bits per heavy atom. The van der Waals surface area contributed by atoms with Gasteiger partial charge >= 0.3 is 0 Å². The number of rotatable bonds is 5. The van der Waals surface area contributed by atoms with Gasteiger partial charge in [0, 0.05) is 24.2 Å². The first-order chi connectivity index (χ1) is 8.72. The number of anilines is 2. The largest absolute Gasteiger partial charge is 0.382 e. The molecular weight excluding hydrogens is 264 g/mol. The summed E-state index contributed by atoms with van der Waals surface area (Å²) >= 11 is 3.24. The molecule has 0 aliphatic rings. The molecule has 0 saturated carbocycles. The number of nitrogens with one attached hydrogen (secondary N) is 1. The molecule has 4 nitrogen and oxygen atoms in total. The summed E-state index contributed by atoms with van der Waals surface area (Å²) in [6.07, 6.45) is 5.64. The van der Waals surface area contributed by atoms with Gasteiger partial charge < -0.3 is 11.1 Å². The second-order valence-electron chi connectivity index (χ2n) is 3.94. The van der Waals surface area contributed by atoms with Crippen molar-refractivity contribution in [1.82, 2.24) is 9.36 Å². The zero-order chi connectivity index (χ0) is 13.0. The maximum absolute atomic E-state index is 5.95. The van der Waals surface area contributed by atoms with Crippen LogP contribution in [0.25, 0.3) is 11.1 Å². The maximum atomic E-state index is 5.95. The van der Waals surface area contributed by atoms with Crippen molar-refractivity contribution in [2.24, 2.45) is 0 Å². The van der Waals surface area contributed by atoms with Crippen LogP contribution in [0.1, 0.15) is 6.92 Å². The topological polar surface area (TPSA) is 63.8 Å². The van der Waals surface area contributed by atoms with Gasteiger partial charge in [-0.15, -0.1) is 0 Å². The zero-order valence-electron chi connectivity index (χ0n) is 10.4. The van der Waals surface area contributed by atoms with Crippen LogP contribution < -0.4 is 11.1 Å². The van der Waals surface area contributed by atoms with Crippen LogP contribution >= 0.6 is 23.3 Å². The summed E-state index contributed by atoms with van der Waals surface area (Å²) in [5.74, 6) is 0.575. The van der Waals surface area contributed by atoms with Gasteiger partial charge in [0.1, 0.15) is 10.8 Å². The molecule has 18 heavy (non-hydrogen) atoms. The lowest BCUT2D eigenvalue weighted by molar-refractivity contribution is 1.01. The monoisotopic (exact) mass is 280 g/mol. The van der Waals surface area contributed by atoms with Gasteiger partial charge in [0.15, 0.2) is 0 Å². The molecule has 2 heterocycles. The Balaban J connectivity index is 2.23. The van der Waals surface area contributed by atoms with Crippen LogP contribution in [-0.4, -0.2) is 27.4 Å². The van der Waals surface area contributed by atoms with Crippen molar-refractivity contribution < 1.29 is 0 Å². The Morgan fingerprint density at radius 2 is 2.17 bits per heavy atom. The standard InChI is InChI=1S/C12H16N4S2/c1-8(17-2)7-15-12-10(11(13)16-18-12)9-3-5-14-6-4-9/h3-6,8,15H,7H2,1-2H3,(H2,13,16). The molecule has 96 valence electrons. The number of aromatic nitrogens is 2. The van der Waals surface area contributed by atoms with Gasteiger partial charge in [-0.25, -0.2) is 0 Å². The van der Waals surface area contributed by atoms with Crippen molar-refractivity contribution >= 4 is 34.1 Å². The van der Waals surface area contributed by atoms with E-state index in [4.69, 9.17) is 5.73 Å². The summed E-state index contributed by atoms with van der Waals surface area (Å²) in [6, 6.07) is 3.90. The molecule has 0 bridgehead atoms. The van der Waals surface area contributed by atoms with E-state index < -0.39 is 0 Å². The van der Waals surface area contributed by atoms with Gasteiger partial charge in [-0.3, -0.25) is 4.98 Å². The first-order valence-corrected chi connectivity index (χ1v) is 7.70. The Hall–Kier alpha value is -1.27. The molecule has 0 aliphatic carbocycles. The van der Waals surface area contributed by atoms with E-state index >= 15 is 0 Å². The van der Waals surface area contributed by atoms with Crippen molar-refractivity contribution in [2.45, 2.75) is 12.2 Å². The fraction of sp³-hybridized carbons (Fsp3) is 0.333. The van der Waals surface area contributed by atoms with Crippen LogP contribution in [0.4, 0.5) is 10.8 Å². The third kappa shape index (κ3) is 2.94. The van der Waals surface area contributed by atoms with Gasteiger partial charge in [-0.05, 0) is 35.5 Å². The number of thioether (sulfide) groups is 1. The average molecular weight is 280 g/mol. The van der Waals surface area contributed by atoms with Crippen LogP contribution in [0.3, 0.4) is 0 Å². The minimum Gasteiger partial charge on any atom is -0.382 e. The lowest BCUT2D eigenvalue weighted by Crippen LogP contribution is -2.12. The van der Waals surface area contributed by atoms with E-state index in [-0.39, 0.29) is 0 Å². The lowest BCUT2D eigenvalue weighted by Gasteiger charge is -2.11. The molecule has 0 spiro atoms. The third-order valence-corrected chi connectivity index (χ3v) is 4.43. The molecule has 3 N–H and O–H groups in total. The number of hydrogen-bond acceptors (Lipinski definition) is 6. The van der Waals surface area contributed by atoms with Crippen LogP contribution in [0, 0.1) is 0 Å². The number of nitrogen functional groups attached to an aromatic ring is 1. The van der Waals surface area contributed by atoms with Gasteiger partial charge in [0.05, 0.1) is 5.56 Å². The van der Waals surface area contributed by atoms with Crippen LogP contribution in [0.2, 0.25) is 0 Å². The highest BCUT2D eigenvalue weighted by Gasteiger charge is 2.13. The van der Waals surface area contributed by atoms with E-state index in [0.717, 1.165) is 22.7 Å². The van der Waals surface area contributed by atoms with E-state index in [0.29, 0.717) is 11.1 Å². The van der Waals surface area contributed by atoms with E-state index in [2.05, 4.69) is 27.9 Å². The van der Waals surface area contributed by atoms with Crippen LogP contribution in [-0.2, 0) is 0 Å². The smallest absolute Gasteiger partial charge is 0.147 e. The molecule has 0 saturated heterocycles. The molecule has 0 amide bonds. The zero-order valence-corrected chi connectivity index (χ0v) is 12.0. The average Bonchev–Trinajstić information content (AvgIpc) is 2.78. The van der Waals surface area contributed by atoms with Crippen molar-refractivity contribution in [3.63, 3.8) is 0 Å². The second-order valence-corrected chi connectivity index (χ2v) is 5.98. The van der Waals surface area contributed by atoms with Crippen molar-refractivity contribution in [3.8, 4) is 11.1 Å². The Kier molecular flexibility index (Phi) is 4.43. The highest BCUT2D eigenvalue weighted by molar-refractivity contribution is 7.99. The van der Waals surface area contributed by atoms with Gasteiger partial charge in [-0.1, -0.05) is 6.92 Å². The normalized spacial score (nSPS) is 12.3. The molecule has 0 radical (unpaired) electrons. The first kappa shape index (κ1) is 13.2. The van der Waals surface area contributed by atoms with Crippen molar-refractivity contribution in [2.75, 3.05) is 23.9 Å². The summed E-state index contributed by atoms with van der Waals surface area (Å²) in [5.41, 5.74) is 7.98. The van der Waals surface area contributed by atoms with Crippen LogP contribution in [0.15, 0.2) is 24.5 Å². The van der Waals surface area contributed by atoms with Gasteiger partial charge in [-0.2, -0.15) is 16.1 Å². The van der Waals surface area contributed by atoms with Crippen LogP contribution in [0.5, 0.6) is 0 Å². The molecule has 1 atom stereocenters. The van der Waals surface area contributed by atoms with Gasteiger partial charge in [0.2, 0.25) is 0 Å². The third-order valence-electron chi connectivity index (χ3n) is 2.64. The number of nitrogens with zero attached hydrogens (tertiary/aromatic N) is 2. The molecule has 2 rings (SSSR count). The number of hydrogen-bond donors (Lipinski definition) is 2. The van der Waals surface area contributed by atoms with Gasteiger partial charge in [0.25, 0.3) is 0 Å². The molecular formula is C12H16N4S2. The van der Waals surface area contributed by atoms with Crippen molar-refractivity contribution in [3.05, 3.63) is 24.5 Å². The lowest BCUT2D eigenvalue weighted by atomic mass is 10.1. The summed E-state index contributed by atoms with van der Waals surface area (Å²) in [4.78, 5) is 4.02. The summed E-state index contributed by atoms with van der Waals surface area (Å²) in [7, 11) is 0. The van der Waals surface area contributed by atoms with Crippen molar-refractivity contribution in [1.29, 1.82) is 0 Å². The summed E-state index contributed by atoms with van der Waals surface area (Å²) < 4.78 is 4.23. The summed E-state index contributed by atoms with van der Waals surface area (Å²) in [6.45, 7) is 3.09. The SMILES string of the molecule is CSC(C)CNc1snc(N)c1-c1ccncc1. The minimum absolute atomic E-state index is 0.554. The van der Waals surface area contributed by atoms with E-state index in [9.17, 15) is 0 Å². The predicted molar refractivity (Wildman–Crippen MR) is 81.2 cm³/mol. The highest BCUT2D eigenvalue weighted by atomic mass is 32.2. The Morgan fingerprint density at radius 3 is 2.83 bits per heavy atom. The number of nitrogens with two attached hydrogens (primary N) is 1.